The third-order valence-electron chi connectivity index (χ3n) is 12.3. The Hall–Kier alpha value is -7.89. The summed E-state index contributed by atoms with van der Waals surface area (Å²) in [6.07, 6.45) is 17.4. The monoisotopic (exact) mass is 916 g/mol. The van der Waals surface area contributed by atoms with Gasteiger partial charge in [0.2, 0.25) is 11.8 Å². The Balaban J connectivity index is 0.655. The first-order valence-corrected chi connectivity index (χ1v) is 23.5. The molecule has 1 saturated heterocycles. The molecule has 1 aliphatic rings. The summed E-state index contributed by atoms with van der Waals surface area (Å²) in [6, 6.07) is 23.0. The number of nitrogens with two attached hydrogens (primary N) is 3. The molecule has 6 heterocycles. The number of likely N-dealkylation sites (tertiary alicyclic amines) is 1. The molecule has 9 rings (SSSR count). The van der Waals surface area contributed by atoms with Crippen LogP contribution in [0.15, 0.2) is 102 Å². The number of hydrogen-bond donors (Lipinski definition) is 4. The molecule has 1 fully saturated rings. The molecule has 8 aromatic rings. The highest BCUT2D eigenvalue weighted by Crippen LogP contribution is 2.36. The van der Waals surface area contributed by atoms with E-state index in [1.54, 1.807) is 12.1 Å². The number of nitrogen functional groups attached to an aromatic ring is 3. The standard InChI is InChI=1S/C50H56N14O4/c51-46-42-45(34-22-25-39-38(29-34)59-50(53)68-39)60-63(48(42)57-31-55-46)28-13-11-18-40(65)54-26-12-6-4-2-1-3-5-10-19-41(66)62-27-14-15-35(30-62)64-49-43(47(52)56-32-58-49)44(61-64)33-20-23-37(24-21-33)67-36-16-8-7-9-17-36/h7-10,16-17,19-25,29,31-32,35H,1-6,11-15,18,26-28,30H2,(H2,53,59)(H,54,65)(H2,51,55,57)(H2,52,56,58)/b19-10+/t35-/m1/s1. The zero-order chi connectivity index (χ0) is 46.8. The third kappa shape index (κ3) is 10.5. The molecule has 0 radical (unpaired) electrons. The summed E-state index contributed by atoms with van der Waals surface area (Å²) < 4.78 is 15.2. The number of unbranched alkanes of at least 4 members (excludes halogenated alkanes) is 7. The molecular weight excluding hydrogens is 861 g/mol. The molecular formula is C50H56N14O4. The van der Waals surface area contributed by atoms with E-state index in [0.717, 1.165) is 81.1 Å². The summed E-state index contributed by atoms with van der Waals surface area (Å²) in [5.41, 5.74) is 24.0. The maximum absolute atomic E-state index is 13.3. The highest BCUT2D eigenvalue weighted by Gasteiger charge is 2.28. The topological polar surface area (TPSA) is 250 Å². The van der Waals surface area contributed by atoms with Crippen LogP contribution in [0.4, 0.5) is 17.7 Å². The Bertz CT molecular complexity index is 3040. The zero-order valence-electron chi connectivity index (χ0n) is 38.0. The summed E-state index contributed by atoms with van der Waals surface area (Å²) in [7, 11) is 0. The number of oxazole rings is 1. The van der Waals surface area contributed by atoms with E-state index in [0.29, 0.717) is 101 Å². The van der Waals surface area contributed by atoms with Crippen LogP contribution in [0.25, 0.3) is 55.7 Å². The van der Waals surface area contributed by atoms with Crippen molar-refractivity contribution in [2.75, 3.05) is 36.8 Å². The second kappa shape index (κ2) is 21.2. The van der Waals surface area contributed by atoms with Gasteiger partial charge in [-0.05, 0) is 106 Å². The maximum atomic E-state index is 13.3. The van der Waals surface area contributed by atoms with Gasteiger partial charge in [-0.2, -0.15) is 15.2 Å². The first-order chi connectivity index (χ1) is 33.3. The van der Waals surface area contributed by atoms with Gasteiger partial charge in [0.1, 0.15) is 52.7 Å². The average molecular weight is 917 g/mol. The number of nitrogens with zero attached hydrogens (tertiary/aromatic N) is 10. The van der Waals surface area contributed by atoms with E-state index in [1.807, 2.05) is 87.1 Å². The predicted octanol–water partition coefficient (Wildman–Crippen LogP) is 8.42. The third-order valence-corrected chi connectivity index (χ3v) is 12.3. The fourth-order valence-electron chi connectivity index (χ4n) is 8.84. The molecule has 0 bridgehead atoms. The smallest absolute Gasteiger partial charge is 0.292 e. The van der Waals surface area contributed by atoms with Crippen molar-refractivity contribution in [1.82, 2.24) is 54.7 Å². The minimum absolute atomic E-state index is 0.0168. The molecule has 0 unspecified atom stereocenters. The molecule has 2 amide bonds. The van der Waals surface area contributed by atoms with Crippen LogP contribution in [0.1, 0.15) is 83.1 Å². The Labute approximate surface area is 393 Å². The van der Waals surface area contributed by atoms with Crippen molar-refractivity contribution >= 4 is 62.6 Å². The molecule has 18 nitrogen and oxygen atoms in total. The van der Waals surface area contributed by atoms with Gasteiger partial charge < -0.3 is 36.6 Å². The first-order valence-electron chi connectivity index (χ1n) is 23.5. The highest BCUT2D eigenvalue weighted by molar-refractivity contribution is 6.00. The van der Waals surface area contributed by atoms with E-state index in [4.69, 9.17) is 36.6 Å². The number of rotatable bonds is 20. The number of nitrogens with one attached hydrogen (secondary N) is 1. The molecule has 0 spiro atoms. The van der Waals surface area contributed by atoms with Gasteiger partial charge in [-0.25, -0.2) is 29.3 Å². The molecule has 5 aromatic heterocycles. The largest absolute Gasteiger partial charge is 0.457 e. The van der Waals surface area contributed by atoms with Crippen molar-refractivity contribution in [1.29, 1.82) is 0 Å². The number of hydrogen-bond acceptors (Lipinski definition) is 14. The molecule has 7 N–H and O–H groups in total. The summed E-state index contributed by atoms with van der Waals surface area (Å²) in [5, 5.41) is 14.3. The molecule has 3 aromatic carbocycles. The molecule has 18 heteroatoms. The fourth-order valence-corrected chi connectivity index (χ4v) is 8.84. The molecule has 68 heavy (non-hydrogen) atoms. The van der Waals surface area contributed by atoms with Gasteiger partial charge >= 0.3 is 0 Å². The van der Waals surface area contributed by atoms with Gasteiger partial charge in [-0.3, -0.25) is 9.59 Å². The van der Waals surface area contributed by atoms with E-state index >= 15 is 0 Å². The number of piperidine rings is 1. The first kappa shape index (κ1) is 45.3. The van der Waals surface area contributed by atoms with E-state index in [-0.39, 0.29) is 23.9 Å². The van der Waals surface area contributed by atoms with Gasteiger partial charge in [0.15, 0.2) is 16.9 Å². The van der Waals surface area contributed by atoms with Crippen molar-refractivity contribution < 1.29 is 18.7 Å². The van der Waals surface area contributed by atoms with Crippen molar-refractivity contribution in [3.8, 4) is 34.0 Å². The number of aryl methyl sites for hydroxylation is 1. The van der Waals surface area contributed by atoms with E-state index in [9.17, 15) is 9.59 Å². The Kier molecular flexibility index (Phi) is 14.1. The van der Waals surface area contributed by atoms with Crippen molar-refractivity contribution in [3.63, 3.8) is 0 Å². The molecule has 1 atom stereocenters. The number of anilines is 3. The lowest BCUT2D eigenvalue weighted by atomic mass is 10.1. The number of carbonyl (C=O) groups excluding carboxylic acids is 2. The van der Waals surface area contributed by atoms with Crippen LogP contribution in [0, 0.1) is 0 Å². The Morgan fingerprint density at radius 2 is 1.47 bits per heavy atom. The van der Waals surface area contributed by atoms with Crippen molar-refractivity contribution in [2.45, 2.75) is 89.6 Å². The van der Waals surface area contributed by atoms with Gasteiger partial charge in [0.05, 0.1) is 16.8 Å². The summed E-state index contributed by atoms with van der Waals surface area (Å²) in [6.45, 7) is 2.48. The lowest BCUT2D eigenvalue weighted by Crippen LogP contribution is -2.40. The fraction of sp³-hybridized carbons (Fsp3) is 0.340. The summed E-state index contributed by atoms with van der Waals surface area (Å²) in [5.74, 6) is 2.25. The van der Waals surface area contributed by atoms with Crippen LogP contribution in [0.5, 0.6) is 11.5 Å². The molecule has 0 aliphatic carbocycles. The van der Waals surface area contributed by atoms with Crippen LogP contribution in [-0.2, 0) is 16.1 Å². The Morgan fingerprint density at radius 1 is 0.765 bits per heavy atom. The molecule has 1 aliphatic heterocycles. The average Bonchev–Trinajstić information content (AvgIpc) is 4.06. The Morgan fingerprint density at radius 3 is 2.28 bits per heavy atom. The van der Waals surface area contributed by atoms with Gasteiger partial charge in [-0.1, -0.05) is 50.0 Å². The second-order valence-electron chi connectivity index (χ2n) is 17.2. The van der Waals surface area contributed by atoms with Gasteiger partial charge in [0.25, 0.3) is 6.01 Å². The van der Waals surface area contributed by atoms with Gasteiger partial charge in [-0.15, -0.1) is 0 Å². The number of para-hydroxylation sites is 1. The lowest BCUT2D eigenvalue weighted by Gasteiger charge is -2.32. The zero-order valence-corrected chi connectivity index (χ0v) is 38.0. The van der Waals surface area contributed by atoms with Gasteiger partial charge in [0, 0.05) is 43.7 Å². The highest BCUT2D eigenvalue weighted by atomic mass is 16.5. The van der Waals surface area contributed by atoms with E-state index in [2.05, 4.69) is 30.2 Å². The minimum Gasteiger partial charge on any atom is -0.457 e. The quantitative estimate of drug-likeness (QED) is 0.0414. The van der Waals surface area contributed by atoms with E-state index in [1.165, 1.54) is 12.7 Å². The second-order valence-corrected chi connectivity index (χ2v) is 17.2. The number of ether oxygens (including phenoxy) is 1. The van der Waals surface area contributed by atoms with Crippen LogP contribution < -0.4 is 27.3 Å². The molecule has 350 valence electrons. The van der Waals surface area contributed by atoms with Crippen LogP contribution in [-0.4, -0.2) is 80.8 Å². The normalized spacial score (nSPS) is 14.1. The molecule has 0 saturated carbocycles. The maximum Gasteiger partial charge on any atom is 0.292 e. The number of allylic oxidation sites excluding steroid dienone is 1. The van der Waals surface area contributed by atoms with Crippen LogP contribution in [0.3, 0.4) is 0 Å². The predicted molar refractivity (Wildman–Crippen MR) is 262 cm³/mol. The number of fused-ring (bicyclic) bond motifs is 3. The number of aromatic nitrogens is 9. The lowest BCUT2D eigenvalue weighted by molar-refractivity contribution is -0.127. The minimum atomic E-state index is -0.0521. The number of amides is 2. The van der Waals surface area contributed by atoms with Crippen LogP contribution in [0.2, 0.25) is 0 Å². The van der Waals surface area contributed by atoms with Crippen molar-refractivity contribution in [3.05, 3.63) is 97.6 Å². The van der Waals surface area contributed by atoms with E-state index < -0.39 is 0 Å². The number of carbonyl (C=O) groups is 2. The number of benzene rings is 3. The summed E-state index contributed by atoms with van der Waals surface area (Å²) in [4.78, 5) is 49.6. The van der Waals surface area contributed by atoms with Crippen LogP contribution >= 0.6 is 0 Å². The summed E-state index contributed by atoms with van der Waals surface area (Å²) >= 11 is 0. The SMILES string of the molecule is Nc1nc2cc(-c3nn(CCCCC(=O)NCCCCCCCC/C=C/C(=O)N4CCC[C@@H](n5nc(-c6ccc(Oc7ccccc7)cc6)c6c(N)ncnc65)C4)c4ncnc(N)c34)ccc2o1. The van der Waals surface area contributed by atoms with Crippen molar-refractivity contribution in [2.24, 2.45) is 0 Å².